The van der Waals surface area contributed by atoms with E-state index in [4.69, 9.17) is 28.4 Å². The molecule has 9 fully saturated rings. The van der Waals surface area contributed by atoms with Gasteiger partial charge in [-0.05, 0) is 193 Å². The second kappa shape index (κ2) is 54.7. The van der Waals surface area contributed by atoms with Crippen LogP contribution in [-0.2, 0) is 89.9 Å². The van der Waals surface area contributed by atoms with E-state index in [-0.39, 0.29) is 126 Å². The highest BCUT2D eigenvalue weighted by Crippen LogP contribution is 2.36. The van der Waals surface area contributed by atoms with Gasteiger partial charge in [0.1, 0.15) is 19.8 Å². The standard InChI is InChI=1S/2C19H25NO3.C19H19NO3.2C17H23NO3.C16H27NO3/c3*1-13-11-17(21)18(13)20-19(22)23-12-14-7-9-16(10-8-14)15-5-3-2-4-6-15;2*1-13-12-15(19)16(13)18-17(20)21-11-7-3-6-10-14-8-4-2-5-9-14;1-12-11-14(18)15(12)17-16(19)20-10-6-5-9-13-7-3-2-4-8-13/h2*7-10,13,15,18H,2-6,11-12H2,1H3,(H,20,22);2-10,13,18H,11-12H2,1H3,(H,20,22);2*2,4-5,8-9,13,16H,3,6-7,10-12H2,1H3,(H,18,20);12-13,15H,2-11H2,1H3,(H,17,19)/t13-,18+;2*13-,18-;13-,16+;13-,16-;12-,15-/m100100/s1. The van der Waals surface area contributed by atoms with Crippen LogP contribution in [0.2, 0.25) is 0 Å². The van der Waals surface area contributed by atoms with Gasteiger partial charge in [-0.25, -0.2) is 28.8 Å². The van der Waals surface area contributed by atoms with Gasteiger partial charge in [-0.1, -0.05) is 282 Å². The summed E-state index contributed by atoms with van der Waals surface area (Å²) in [7, 11) is 0. The number of ether oxygens (including phenoxy) is 6. The molecule has 6 N–H and O–H groups in total. The summed E-state index contributed by atoms with van der Waals surface area (Å²) in [4.78, 5) is 138. The van der Waals surface area contributed by atoms with Gasteiger partial charge in [0.25, 0.3) is 0 Å². The molecule has 0 saturated heterocycles. The van der Waals surface area contributed by atoms with E-state index in [1.54, 1.807) is 0 Å². The number of amides is 6. The van der Waals surface area contributed by atoms with Crippen molar-refractivity contribution in [1.82, 2.24) is 31.9 Å². The van der Waals surface area contributed by atoms with Crippen molar-refractivity contribution in [2.45, 2.75) is 315 Å². The third-order valence-corrected chi connectivity index (χ3v) is 26.9. The zero-order valence-corrected chi connectivity index (χ0v) is 78.0. The molecule has 9 aliphatic carbocycles. The molecule has 24 nitrogen and oxygen atoms in total. The van der Waals surface area contributed by atoms with Crippen LogP contribution in [0.5, 0.6) is 0 Å². The van der Waals surface area contributed by atoms with Crippen LogP contribution in [0.25, 0.3) is 11.1 Å². The Kier molecular flexibility index (Phi) is 42.6. The lowest BCUT2D eigenvalue weighted by Crippen LogP contribution is -2.53. The van der Waals surface area contributed by atoms with Crippen LogP contribution in [0.4, 0.5) is 28.8 Å². The van der Waals surface area contributed by atoms with Gasteiger partial charge in [0.2, 0.25) is 0 Å². The third-order valence-electron chi connectivity index (χ3n) is 26.9. The highest BCUT2D eigenvalue weighted by molar-refractivity contribution is 5.96. The predicted molar refractivity (Wildman–Crippen MR) is 504 cm³/mol. The molecule has 131 heavy (non-hydrogen) atoms. The number of ketones is 6. The topological polar surface area (TPSA) is 332 Å². The summed E-state index contributed by atoms with van der Waals surface area (Å²) in [6.45, 7) is 13.7. The molecule has 15 rings (SSSR count). The Labute approximate surface area is 775 Å². The normalized spacial score (nSPS) is 22.9. The molecule has 24 heteroatoms. The van der Waals surface area contributed by atoms with E-state index in [0.29, 0.717) is 70.2 Å². The Morgan fingerprint density at radius 3 is 0.794 bits per heavy atom. The number of hydrogen-bond acceptors (Lipinski definition) is 18. The maximum absolute atomic E-state index is 11.7. The minimum Gasteiger partial charge on any atom is -0.450 e. The van der Waals surface area contributed by atoms with E-state index in [0.717, 1.165) is 97.9 Å². The van der Waals surface area contributed by atoms with Crippen molar-refractivity contribution >= 4 is 71.3 Å². The summed E-state index contributed by atoms with van der Waals surface area (Å²) in [5.41, 5.74) is 10.6. The van der Waals surface area contributed by atoms with Crippen molar-refractivity contribution in [1.29, 1.82) is 0 Å². The summed E-state index contributed by atoms with van der Waals surface area (Å²) >= 11 is 0. The number of Topliss-reactive ketones (excluding diaryl/α,β-unsaturated/α-hetero) is 6. The molecule has 0 unspecified atom stereocenters. The second-order valence-corrected chi connectivity index (χ2v) is 37.6. The number of carbonyl (C=O) groups excluding carboxylic acids is 12. The monoisotopic (exact) mass is 1800 g/mol. The van der Waals surface area contributed by atoms with Crippen molar-refractivity contribution < 1.29 is 86.0 Å². The molecule has 0 heterocycles. The van der Waals surface area contributed by atoms with Gasteiger partial charge < -0.3 is 60.3 Å². The lowest BCUT2D eigenvalue weighted by Gasteiger charge is -2.32. The fourth-order valence-electron chi connectivity index (χ4n) is 18.2. The maximum atomic E-state index is 11.7. The number of unbranched alkanes of at least 4 members (excludes halogenated alkanes) is 5. The van der Waals surface area contributed by atoms with E-state index in [2.05, 4.69) is 92.6 Å². The average molecular weight is 1800 g/mol. The summed E-state index contributed by atoms with van der Waals surface area (Å²) in [5.74, 6) is 4.17. The first-order valence-electron chi connectivity index (χ1n) is 48.6. The Morgan fingerprint density at radius 2 is 0.511 bits per heavy atom. The van der Waals surface area contributed by atoms with Crippen LogP contribution < -0.4 is 31.9 Å². The van der Waals surface area contributed by atoms with Gasteiger partial charge in [-0.2, -0.15) is 0 Å². The van der Waals surface area contributed by atoms with E-state index < -0.39 is 36.6 Å². The molecule has 6 aromatic rings. The minimum atomic E-state index is -0.540. The number of nitrogens with one attached hydrogen (secondary N) is 6. The number of carbonyl (C=O) groups is 12. The molecular weight excluding hydrogens is 1660 g/mol. The van der Waals surface area contributed by atoms with Crippen molar-refractivity contribution in [2.24, 2.45) is 41.4 Å². The molecule has 6 aromatic carbocycles. The van der Waals surface area contributed by atoms with Gasteiger partial charge in [0, 0.05) is 38.5 Å². The molecule has 9 saturated carbocycles. The molecular formula is C107H142N6O18. The summed E-state index contributed by atoms with van der Waals surface area (Å²) < 4.78 is 30.9. The molecule has 0 aliphatic heterocycles. The zero-order chi connectivity index (χ0) is 93.2. The molecule has 0 bridgehead atoms. The van der Waals surface area contributed by atoms with E-state index >= 15 is 0 Å². The van der Waals surface area contributed by atoms with E-state index in [9.17, 15) is 57.5 Å². The van der Waals surface area contributed by atoms with E-state index in [1.807, 2.05) is 145 Å². The molecule has 9 aliphatic rings. The van der Waals surface area contributed by atoms with Crippen LogP contribution in [0.1, 0.15) is 285 Å². The molecule has 0 spiro atoms. The number of hydrogen-bond donors (Lipinski definition) is 6. The van der Waals surface area contributed by atoms with Crippen LogP contribution in [0.15, 0.2) is 164 Å². The maximum Gasteiger partial charge on any atom is 0.408 e. The van der Waals surface area contributed by atoms with Crippen molar-refractivity contribution in [3.05, 3.63) is 203 Å². The highest BCUT2D eigenvalue weighted by atomic mass is 16.6. The second-order valence-electron chi connectivity index (χ2n) is 37.6. The summed E-state index contributed by atoms with van der Waals surface area (Å²) in [6.07, 6.45) is 31.9. The Bertz CT molecular complexity index is 4380. The molecule has 6 amide bonds. The lowest BCUT2D eigenvalue weighted by molar-refractivity contribution is -0.130. The van der Waals surface area contributed by atoms with Crippen LogP contribution >= 0.6 is 0 Å². The first kappa shape index (κ1) is 102. The van der Waals surface area contributed by atoms with Gasteiger partial charge in [0.05, 0.1) is 56.1 Å². The van der Waals surface area contributed by atoms with Crippen molar-refractivity contribution in [3.63, 3.8) is 0 Å². The lowest BCUT2D eigenvalue weighted by atomic mass is 9.80. The summed E-state index contributed by atoms with van der Waals surface area (Å²) in [5, 5.41) is 15.8. The number of benzene rings is 6. The number of aryl methyl sites for hydroxylation is 2. The Morgan fingerprint density at radius 1 is 0.260 bits per heavy atom. The van der Waals surface area contributed by atoms with Gasteiger partial charge in [-0.15, -0.1) is 0 Å². The van der Waals surface area contributed by atoms with Crippen molar-refractivity contribution in [2.75, 3.05) is 19.8 Å². The zero-order valence-electron chi connectivity index (χ0n) is 78.0. The highest BCUT2D eigenvalue weighted by Gasteiger charge is 2.42. The molecule has 0 radical (unpaired) electrons. The van der Waals surface area contributed by atoms with Crippen LogP contribution in [-0.4, -0.2) is 127 Å². The minimum absolute atomic E-state index is 0.0710. The predicted octanol–water partition coefficient (Wildman–Crippen LogP) is 21.1. The fourth-order valence-corrected chi connectivity index (χ4v) is 18.2. The SMILES string of the molecule is C[C@@H]1CC(=O)[C@H]1NC(=O)OCCCCCc1ccccc1.C[C@@H]1CC(=O)[C@H]1NC(=O)OCc1ccc(C2CCCCC2)cc1.C[C@H]1CC(=O)[C@H]1NC(=O)OCCCCC1CCCCC1.C[C@H]1CC(=O)[C@H]1NC(=O)OCCCCCc1ccccc1.C[C@H]1CC(=O)[C@H]1NC(=O)OCc1ccc(-c2ccccc2)cc1.C[C@H]1CC(=O)[C@H]1NC(=O)OCc1ccc(C2CCCCC2)cc1. The number of rotatable bonds is 32. The van der Waals surface area contributed by atoms with Crippen LogP contribution in [0, 0.1) is 41.4 Å². The average Bonchev–Trinajstić information content (AvgIpc) is 0.865. The summed E-state index contributed by atoms with van der Waals surface area (Å²) in [6, 6.07) is 53.4. The number of alkyl carbamates (subject to hydrolysis) is 6. The first-order valence-corrected chi connectivity index (χ1v) is 48.6. The molecule has 0 aromatic heterocycles. The van der Waals surface area contributed by atoms with Crippen molar-refractivity contribution in [3.8, 4) is 11.1 Å². The van der Waals surface area contributed by atoms with Gasteiger partial charge in [-0.3, -0.25) is 28.8 Å². The largest absolute Gasteiger partial charge is 0.450 e. The van der Waals surface area contributed by atoms with E-state index in [1.165, 1.54) is 125 Å². The quantitative estimate of drug-likeness (QED) is 0.0169. The Hall–Kier alpha value is -11.0. The Balaban J connectivity index is 0.000000163. The van der Waals surface area contributed by atoms with Gasteiger partial charge >= 0.3 is 36.6 Å². The molecule has 12 atom stereocenters. The van der Waals surface area contributed by atoms with Gasteiger partial charge in [0.15, 0.2) is 34.7 Å². The third kappa shape index (κ3) is 34.9. The first-order chi connectivity index (χ1) is 63.4. The smallest absolute Gasteiger partial charge is 0.408 e. The van der Waals surface area contributed by atoms with Crippen LogP contribution in [0.3, 0.4) is 0 Å². The molecule has 708 valence electrons. The fraction of sp³-hybridized carbons (Fsp3) is 0.551.